The summed E-state index contributed by atoms with van der Waals surface area (Å²) in [6.07, 6.45) is 2.27. The highest BCUT2D eigenvalue weighted by Crippen LogP contribution is 2.32. The Bertz CT molecular complexity index is 361. The van der Waals surface area contributed by atoms with E-state index in [1.807, 2.05) is 6.92 Å². The first-order chi connectivity index (χ1) is 8.16. The minimum absolute atomic E-state index is 0.0586. The maximum Gasteiger partial charge on any atom is 0.230 e. The Morgan fingerprint density at radius 3 is 3.00 bits per heavy atom. The van der Waals surface area contributed by atoms with Gasteiger partial charge < -0.3 is 11.1 Å². The minimum atomic E-state index is 0.0586. The molecule has 0 radical (unpaired) electrons. The van der Waals surface area contributed by atoms with Crippen LogP contribution in [-0.4, -0.2) is 23.7 Å². The molecule has 3 N–H and O–H groups in total. The van der Waals surface area contributed by atoms with Gasteiger partial charge in [0.2, 0.25) is 5.91 Å². The number of thiophene rings is 1. The van der Waals surface area contributed by atoms with E-state index in [-0.39, 0.29) is 17.2 Å². The predicted octanol–water partition coefficient (Wildman–Crippen LogP) is 2.15. The van der Waals surface area contributed by atoms with E-state index >= 15 is 0 Å². The van der Waals surface area contributed by atoms with Crippen molar-refractivity contribution < 1.29 is 4.79 Å². The van der Waals surface area contributed by atoms with Gasteiger partial charge in [-0.3, -0.25) is 4.79 Å². The second kappa shape index (κ2) is 5.89. The molecule has 0 saturated heterocycles. The smallest absolute Gasteiger partial charge is 0.230 e. The van der Waals surface area contributed by atoms with Crippen molar-refractivity contribution in [2.24, 2.45) is 5.73 Å². The van der Waals surface area contributed by atoms with Crippen molar-refractivity contribution >= 4 is 29.0 Å². The Hall–Kier alpha value is -0.520. The van der Waals surface area contributed by atoms with Gasteiger partial charge in [0, 0.05) is 17.3 Å². The topological polar surface area (TPSA) is 55.1 Å². The highest BCUT2D eigenvalue weighted by atomic mass is 32.2. The Morgan fingerprint density at radius 1 is 1.71 bits per heavy atom. The van der Waals surface area contributed by atoms with E-state index in [2.05, 4.69) is 22.1 Å². The van der Waals surface area contributed by atoms with Crippen LogP contribution >= 0.6 is 23.1 Å². The maximum absolute atomic E-state index is 11.6. The number of nitrogens with two attached hydrogens (primary N) is 1. The summed E-state index contributed by atoms with van der Waals surface area (Å²) in [6, 6.07) is 2.59. The number of amides is 1. The molecule has 1 fully saturated rings. The van der Waals surface area contributed by atoms with Gasteiger partial charge in [-0.1, -0.05) is 0 Å². The zero-order chi connectivity index (χ0) is 12.3. The predicted molar refractivity (Wildman–Crippen MR) is 74.3 cm³/mol. The molecule has 94 valence electrons. The van der Waals surface area contributed by atoms with E-state index in [9.17, 15) is 4.79 Å². The Morgan fingerprint density at radius 2 is 2.47 bits per heavy atom. The molecular weight excluding hydrogens is 252 g/mol. The fraction of sp³-hybridized carbons (Fsp3) is 0.583. The van der Waals surface area contributed by atoms with Crippen LogP contribution in [0, 0.1) is 0 Å². The van der Waals surface area contributed by atoms with Gasteiger partial charge in [0.05, 0.1) is 5.75 Å². The van der Waals surface area contributed by atoms with Crippen molar-refractivity contribution in [1.29, 1.82) is 0 Å². The Balaban J connectivity index is 1.83. The van der Waals surface area contributed by atoms with Gasteiger partial charge in [0.15, 0.2) is 0 Å². The molecule has 1 saturated carbocycles. The largest absolute Gasteiger partial charge is 0.353 e. The maximum atomic E-state index is 11.6. The molecular formula is C12H18N2OS2. The van der Waals surface area contributed by atoms with Gasteiger partial charge in [-0.15, -0.1) is 11.8 Å². The lowest BCUT2D eigenvalue weighted by Gasteiger charge is -2.19. The first kappa shape index (κ1) is 12.9. The van der Waals surface area contributed by atoms with E-state index in [1.165, 1.54) is 5.56 Å². The highest BCUT2D eigenvalue weighted by molar-refractivity contribution is 8.00. The molecule has 3 nitrogen and oxygen atoms in total. The van der Waals surface area contributed by atoms with Gasteiger partial charge >= 0.3 is 0 Å². The molecule has 1 aromatic rings. The molecule has 1 heterocycles. The first-order valence-electron chi connectivity index (χ1n) is 5.85. The number of nitrogens with one attached hydrogen (secondary N) is 1. The monoisotopic (exact) mass is 270 g/mol. The standard InChI is InChI=1S/C12H18N2OS2/c1-8(13)12(9-4-5-16-6-9)17-7-11(15)14-10-2-3-10/h4-6,8,10,12H,2-3,7,13H2,1H3,(H,14,15). The number of rotatable bonds is 6. The molecule has 1 aromatic heterocycles. The summed E-state index contributed by atoms with van der Waals surface area (Å²) in [4.78, 5) is 11.6. The van der Waals surface area contributed by atoms with Crippen molar-refractivity contribution in [3.8, 4) is 0 Å². The van der Waals surface area contributed by atoms with Crippen molar-refractivity contribution in [1.82, 2.24) is 5.32 Å². The summed E-state index contributed by atoms with van der Waals surface area (Å²) in [6.45, 7) is 1.99. The van der Waals surface area contributed by atoms with Crippen LogP contribution in [0.5, 0.6) is 0 Å². The van der Waals surface area contributed by atoms with Gasteiger partial charge in [0.1, 0.15) is 0 Å². The zero-order valence-electron chi connectivity index (χ0n) is 9.89. The van der Waals surface area contributed by atoms with Crippen molar-refractivity contribution in [3.05, 3.63) is 22.4 Å². The molecule has 0 aromatic carbocycles. The zero-order valence-corrected chi connectivity index (χ0v) is 11.5. The minimum Gasteiger partial charge on any atom is -0.353 e. The lowest BCUT2D eigenvalue weighted by molar-refractivity contribution is -0.118. The molecule has 1 aliphatic rings. The fourth-order valence-electron chi connectivity index (χ4n) is 1.65. The Kier molecular flexibility index (Phi) is 4.48. The number of hydrogen-bond donors (Lipinski definition) is 2. The summed E-state index contributed by atoms with van der Waals surface area (Å²) in [5.41, 5.74) is 7.21. The normalized spacial score (nSPS) is 18.7. The summed E-state index contributed by atoms with van der Waals surface area (Å²) >= 11 is 3.31. The molecule has 1 amide bonds. The third-order valence-electron chi connectivity index (χ3n) is 2.69. The fourth-order valence-corrected chi connectivity index (χ4v) is 3.49. The van der Waals surface area contributed by atoms with Gasteiger partial charge in [0.25, 0.3) is 0 Å². The molecule has 5 heteroatoms. The second-order valence-electron chi connectivity index (χ2n) is 4.49. The first-order valence-corrected chi connectivity index (χ1v) is 7.84. The van der Waals surface area contributed by atoms with Crippen LogP contribution < -0.4 is 11.1 Å². The molecule has 2 unspecified atom stereocenters. The summed E-state index contributed by atoms with van der Waals surface area (Å²) < 4.78 is 0. The molecule has 1 aliphatic carbocycles. The highest BCUT2D eigenvalue weighted by Gasteiger charge is 2.24. The van der Waals surface area contributed by atoms with Crippen LogP contribution in [0.2, 0.25) is 0 Å². The van der Waals surface area contributed by atoms with Crippen molar-refractivity contribution in [3.63, 3.8) is 0 Å². The average molecular weight is 270 g/mol. The molecule has 2 atom stereocenters. The summed E-state index contributed by atoms with van der Waals surface area (Å²) in [7, 11) is 0. The van der Waals surface area contributed by atoms with Crippen LogP contribution in [0.1, 0.15) is 30.6 Å². The average Bonchev–Trinajstić information content (AvgIpc) is 2.92. The van der Waals surface area contributed by atoms with Gasteiger partial charge in [-0.25, -0.2) is 0 Å². The molecule has 0 aliphatic heterocycles. The van der Waals surface area contributed by atoms with E-state index < -0.39 is 0 Å². The van der Waals surface area contributed by atoms with Crippen LogP contribution in [0.3, 0.4) is 0 Å². The van der Waals surface area contributed by atoms with E-state index in [4.69, 9.17) is 5.73 Å². The van der Waals surface area contributed by atoms with Crippen LogP contribution in [0.15, 0.2) is 16.8 Å². The number of carbonyl (C=O) groups is 1. The Labute approximate surface area is 110 Å². The van der Waals surface area contributed by atoms with E-state index in [0.717, 1.165) is 12.8 Å². The summed E-state index contributed by atoms with van der Waals surface area (Å²) in [5.74, 6) is 0.636. The molecule has 0 spiro atoms. The van der Waals surface area contributed by atoms with E-state index in [1.54, 1.807) is 23.1 Å². The third kappa shape index (κ3) is 4.01. The van der Waals surface area contributed by atoms with Crippen LogP contribution in [-0.2, 0) is 4.79 Å². The summed E-state index contributed by atoms with van der Waals surface area (Å²) in [5, 5.41) is 7.37. The van der Waals surface area contributed by atoms with Gasteiger partial charge in [-0.2, -0.15) is 11.3 Å². The lowest BCUT2D eigenvalue weighted by Crippen LogP contribution is -2.29. The SMILES string of the molecule is CC(N)C(SCC(=O)NC1CC1)c1ccsc1. The molecule has 2 rings (SSSR count). The third-order valence-corrected chi connectivity index (χ3v) is 4.88. The van der Waals surface area contributed by atoms with Gasteiger partial charge in [-0.05, 0) is 42.2 Å². The van der Waals surface area contributed by atoms with Crippen LogP contribution in [0.25, 0.3) is 0 Å². The number of carbonyl (C=O) groups excluding carboxylic acids is 1. The molecule has 17 heavy (non-hydrogen) atoms. The van der Waals surface area contributed by atoms with Crippen LogP contribution in [0.4, 0.5) is 0 Å². The number of thioether (sulfide) groups is 1. The molecule has 0 bridgehead atoms. The quantitative estimate of drug-likeness (QED) is 0.833. The lowest BCUT2D eigenvalue weighted by atomic mass is 10.1. The van der Waals surface area contributed by atoms with Crippen molar-refractivity contribution in [2.75, 3.05) is 5.75 Å². The number of hydrogen-bond acceptors (Lipinski definition) is 4. The second-order valence-corrected chi connectivity index (χ2v) is 6.40. The van der Waals surface area contributed by atoms with E-state index in [0.29, 0.717) is 11.8 Å². The van der Waals surface area contributed by atoms with Crippen molar-refractivity contribution in [2.45, 2.75) is 37.1 Å².